The molecular weight excluding hydrogens is 410 g/mol. The van der Waals surface area contributed by atoms with Gasteiger partial charge in [0.15, 0.2) is 5.96 Å². The molecule has 1 atom stereocenters. The number of likely N-dealkylation sites (tertiary alicyclic amines) is 1. The van der Waals surface area contributed by atoms with Crippen LogP contribution in [0.15, 0.2) is 64.5 Å². The summed E-state index contributed by atoms with van der Waals surface area (Å²) in [6, 6.07) is 18.0. The van der Waals surface area contributed by atoms with Gasteiger partial charge in [0.05, 0.1) is 4.90 Å². The standard InChI is InChI=1S/C23H33N5O2S/c1-24-23(25-16-19-11-13-22(14-12-19)31(29,30)27(2)3)26-17-21-10-7-15-28(21)18-20-8-5-4-6-9-20/h4-6,8-9,11-14,21H,7,10,15-18H2,1-3H3,(H2,24,25,26). The van der Waals surface area contributed by atoms with Crippen LogP contribution < -0.4 is 10.6 Å². The molecule has 0 bridgehead atoms. The first kappa shape index (κ1) is 23.2. The third-order valence-electron chi connectivity index (χ3n) is 5.62. The van der Waals surface area contributed by atoms with Crippen molar-refractivity contribution >= 4 is 16.0 Å². The normalized spacial score (nSPS) is 17.8. The fourth-order valence-electron chi connectivity index (χ4n) is 3.76. The second-order valence-corrected chi connectivity index (χ2v) is 10.1. The maximum Gasteiger partial charge on any atom is 0.242 e. The van der Waals surface area contributed by atoms with Crippen molar-refractivity contribution in [3.05, 3.63) is 65.7 Å². The van der Waals surface area contributed by atoms with Gasteiger partial charge in [-0.3, -0.25) is 9.89 Å². The number of sulfonamides is 1. The van der Waals surface area contributed by atoms with Crippen LogP contribution in [-0.4, -0.2) is 63.9 Å². The molecule has 2 aromatic rings. The van der Waals surface area contributed by atoms with E-state index < -0.39 is 10.0 Å². The van der Waals surface area contributed by atoms with Crippen LogP contribution in [0.5, 0.6) is 0 Å². The lowest BCUT2D eigenvalue weighted by atomic mass is 10.2. The molecule has 0 spiro atoms. The van der Waals surface area contributed by atoms with E-state index >= 15 is 0 Å². The number of nitrogens with zero attached hydrogens (tertiary/aromatic N) is 3. The number of hydrogen-bond acceptors (Lipinski definition) is 4. The summed E-state index contributed by atoms with van der Waals surface area (Å²) in [7, 11) is 1.43. The molecule has 1 aliphatic heterocycles. The molecule has 1 aliphatic rings. The minimum absolute atomic E-state index is 0.295. The van der Waals surface area contributed by atoms with E-state index in [2.05, 4.69) is 50.9 Å². The molecule has 8 heteroatoms. The summed E-state index contributed by atoms with van der Waals surface area (Å²) in [6.07, 6.45) is 2.39. The van der Waals surface area contributed by atoms with Gasteiger partial charge in [-0.2, -0.15) is 0 Å². The van der Waals surface area contributed by atoms with E-state index in [0.717, 1.165) is 31.2 Å². The first-order valence-corrected chi connectivity index (χ1v) is 12.1. The molecule has 0 amide bonds. The van der Waals surface area contributed by atoms with E-state index in [4.69, 9.17) is 0 Å². The Labute approximate surface area is 186 Å². The summed E-state index contributed by atoms with van der Waals surface area (Å²) in [5, 5.41) is 6.76. The fraction of sp³-hybridized carbons (Fsp3) is 0.435. The molecule has 0 aliphatic carbocycles. The van der Waals surface area contributed by atoms with Crippen molar-refractivity contribution in [2.75, 3.05) is 34.2 Å². The van der Waals surface area contributed by atoms with E-state index in [1.807, 2.05) is 12.1 Å². The Hall–Kier alpha value is -2.42. The van der Waals surface area contributed by atoms with Gasteiger partial charge in [-0.15, -0.1) is 0 Å². The van der Waals surface area contributed by atoms with Gasteiger partial charge in [0.2, 0.25) is 10.0 Å². The quantitative estimate of drug-likeness (QED) is 0.484. The van der Waals surface area contributed by atoms with Crippen molar-refractivity contribution in [2.24, 2.45) is 4.99 Å². The van der Waals surface area contributed by atoms with E-state index in [0.29, 0.717) is 17.5 Å². The van der Waals surface area contributed by atoms with E-state index in [1.165, 1.54) is 36.8 Å². The van der Waals surface area contributed by atoms with Crippen molar-refractivity contribution in [3.63, 3.8) is 0 Å². The van der Waals surface area contributed by atoms with E-state index in [1.54, 1.807) is 19.2 Å². The first-order chi connectivity index (χ1) is 14.9. The molecule has 7 nitrogen and oxygen atoms in total. The van der Waals surface area contributed by atoms with Crippen molar-refractivity contribution in [3.8, 4) is 0 Å². The number of rotatable bonds is 8. The minimum atomic E-state index is -3.40. The molecule has 1 heterocycles. The highest BCUT2D eigenvalue weighted by atomic mass is 32.2. The predicted octanol–water partition coefficient (Wildman–Crippen LogP) is 2.27. The Morgan fingerprint density at radius 2 is 1.77 bits per heavy atom. The summed E-state index contributed by atoms with van der Waals surface area (Å²) < 4.78 is 25.6. The van der Waals surface area contributed by atoms with Gasteiger partial charge in [-0.05, 0) is 42.6 Å². The average Bonchev–Trinajstić information content (AvgIpc) is 3.21. The van der Waals surface area contributed by atoms with E-state index in [9.17, 15) is 8.42 Å². The zero-order chi connectivity index (χ0) is 22.3. The maximum atomic E-state index is 12.2. The highest BCUT2D eigenvalue weighted by molar-refractivity contribution is 7.89. The molecule has 1 fully saturated rings. The summed E-state index contributed by atoms with van der Waals surface area (Å²) in [5.41, 5.74) is 2.34. The zero-order valence-corrected chi connectivity index (χ0v) is 19.4. The largest absolute Gasteiger partial charge is 0.355 e. The zero-order valence-electron chi connectivity index (χ0n) is 18.6. The van der Waals surface area contributed by atoms with Gasteiger partial charge in [0.25, 0.3) is 0 Å². The molecule has 2 aromatic carbocycles. The van der Waals surface area contributed by atoms with Crippen LogP contribution in [0.3, 0.4) is 0 Å². The van der Waals surface area contributed by atoms with Gasteiger partial charge in [0, 0.05) is 46.8 Å². The molecule has 0 radical (unpaired) electrons. The van der Waals surface area contributed by atoms with Crippen LogP contribution in [0.4, 0.5) is 0 Å². The van der Waals surface area contributed by atoms with Crippen LogP contribution in [-0.2, 0) is 23.1 Å². The lowest BCUT2D eigenvalue weighted by Crippen LogP contribution is -2.44. The van der Waals surface area contributed by atoms with Gasteiger partial charge < -0.3 is 10.6 Å². The first-order valence-electron chi connectivity index (χ1n) is 10.6. The summed E-state index contributed by atoms with van der Waals surface area (Å²) >= 11 is 0. The number of benzene rings is 2. The topological polar surface area (TPSA) is 77.0 Å². The van der Waals surface area contributed by atoms with E-state index in [-0.39, 0.29) is 0 Å². The summed E-state index contributed by atoms with van der Waals surface area (Å²) in [4.78, 5) is 7.15. The van der Waals surface area contributed by atoms with Gasteiger partial charge in [0.1, 0.15) is 0 Å². The van der Waals surface area contributed by atoms with Crippen LogP contribution in [0, 0.1) is 0 Å². The Kier molecular flexibility index (Phi) is 8.06. The minimum Gasteiger partial charge on any atom is -0.355 e. The molecule has 1 unspecified atom stereocenters. The third kappa shape index (κ3) is 6.29. The highest BCUT2D eigenvalue weighted by Gasteiger charge is 2.24. The molecule has 2 N–H and O–H groups in total. The summed E-state index contributed by atoms with van der Waals surface area (Å²) in [6.45, 7) is 3.50. The van der Waals surface area contributed by atoms with Crippen LogP contribution >= 0.6 is 0 Å². The fourth-order valence-corrected chi connectivity index (χ4v) is 4.67. The molecule has 31 heavy (non-hydrogen) atoms. The van der Waals surface area contributed by atoms with Crippen LogP contribution in [0.1, 0.15) is 24.0 Å². The third-order valence-corrected chi connectivity index (χ3v) is 7.45. The Morgan fingerprint density at radius 3 is 2.42 bits per heavy atom. The van der Waals surface area contributed by atoms with Crippen molar-refractivity contribution < 1.29 is 8.42 Å². The highest BCUT2D eigenvalue weighted by Crippen LogP contribution is 2.19. The van der Waals surface area contributed by atoms with Crippen molar-refractivity contribution in [2.45, 2.75) is 36.9 Å². The number of aliphatic imine (C=N–C) groups is 1. The van der Waals surface area contributed by atoms with Gasteiger partial charge >= 0.3 is 0 Å². The Balaban J connectivity index is 1.49. The van der Waals surface area contributed by atoms with Crippen molar-refractivity contribution in [1.29, 1.82) is 0 Å². The summed E-state index contributed by atoms with van der Waals surface area (Å²) in [5.74, 6) is 0.747. The van der Waals surface area contributed by atoms with Crippen LogP contribution in [0.25, 0.3) is 0 Å². The number of nitrogens with one attached hydrogen (secondary N) is 2. The molecular formula is C23H33N5O2S. The Bertz CT molecular complexity index is 959. The molecule has 3 rings (SSSR count). The lowest BCUT2D eigenvalue weighted by molar-refractivity contribution is 0.245. The number of hydrogen-bond donors (Lipinski definition) is 2. The van der Waals surface area contributed by atoms with Crippen molar-refractivity contribution in [1.82, 2.24) is 19.8 Å². The molecule has 168 valence electrons. The average molecular weight is 444 g/mol. The Morgan fingerprint density at radius 1 is 1.06 bits per heavy atom. The monoisotopic (exact) mass is 443 g/mol. The predicted molar refractivity (Wildman–Crippen MR) is 125 cm³/mol. The molecule has 1 saturated heterocycles. The smallest absolute Gasteiger partial charge is 0.242 e. The number of guanidine groups is 1. The SMILES string of the molecule is CN=C(NCc1ccc(S(=O)(=O)N(C)C)cc1)NCC1CCCN1Cc1ccccc1. The van der Waals surface area contributed by atoms with Crippen LogP contribution in [0.2, 0.25) is 0 Å². The maximum absolute atomic E-state index is 12.2. The second-order valence-electron chi connectivity index (χ2n) is 7.99. The van der Waals surface area contributed by atoms with Gasteiger partial charge in [-0.1, -0.05) is 42.5 Å². The lowest BCUT2D eigenvalue weighted by Gasteiger charge is -2.25. The second kappa shape index (κ2) is 10.7. The molecule has 0 aromatic heterocycles. The molecule has 0 saturated carbocycles. The van der Waals surface area contributed by atoms with Gasteiger partial charge in [-0.25, -0.2) is 12.7 Å².